The molecule has 17 heavy (non-hydrogen) atoms. The topological polar surface area (TPSA) is 68.2 Å². The predicted octanol–water partition coefficient (Wildman–Crippen LogP) is 1.36. The number of hydrogen-bond acceptors (Lipinski definition) is 5. The minimum atomic E-state index is 0.260. The van der Waals surface area contributed by atoms with Crippen LogP contribution in [0.4, 0.5) is 0 Å². The second-order valence-corrected chi connectivity index (χ2v) is 5.37. The summed E-state index contributed by atoms with van der Waals surface area (Å²) < 4.78 is 5.25. The molecule has 0 radical (unpaired) electrons. The summed E-state index contributed by atoms with van der Waals surface area (Å²) in [4.78, 5) is 6.68. The first-order valence-corrected chi connectivity index (χ1v) is 6.36. The molecule has 2 rings (SSSR count). The van der Waals surface area contributed by atoms with Crippen LogP contribution in [0.15, 0.2) is 4.52 Å². The molecular formula is C12H22N4O. The van der Waals surface area contributed by atoms with Crippen molar-refractivity contribution in [3.05, 3.63) is 11.7 Å². The molecule has 0 amide bonds. The fourth-order valence-corrected chi connectivity index (χ4v) is 2.07. The Labute approximate surface area is 102 Å². The molecular weight excluding hydrogens is 216 g/mol. The Bertz CT molecular complexity index is 363. The second kappa shape index (κ2) is 5.14. The second-order valence-electron chi connectivity index (χ2n) is 5.37. The number of nitrogens with zero attached hydrogens (tertiary/aromatic N) is 3. The number of nitrogens with two attached hydrogens (primary N) is 1. The van der Waals surface area contributed by atoms with Crippen LogP contribution in [0.1, 0.15) is 44.8 Å². The maximum Gasteiger partial charge on any atom is 0.240 e. The average Bonchev–Trinajstić information content (AvgIpc) is 2.72. The van der Waals surface area contributed by atoms with Gasteiger partial charge in [-0.15, -0.1) is 0 Å². The quantitative estimate of drug-likeness (QED) is 0.861. The third kappa shape index (κ3) is 3.04. The van der Waals surface area contributed by atoms with E-state index in [4.69, 9.17) is 10.3 Å². The summed E-state index contributed by atoms with van der Waals surface area (Å²) in [6.07, 6.45) is 1.15. The maximum absolute atomic E-state index is 6.07. The summed E-state index contributed by atoms with van der Waals surface area (Å²) in [7, 11) is 0. The lowest BCUT2D eigenvalue weighted by Crippen LogP contribution is -2.47. The van der Waals surface area contributed by atoms with Crippen molar-refractivity contribution in [2.24, 2.45) is 11.7 Å². The molecule has 2 heterocycles. The van der Waals surface area contributed by atoms with Gasteiger partial charge in [0.05, 0.1) is 6.54 Å². The van der Waals surface area contributed by atoms with Crippen molar-refractivity contribution < 1.29 is 4.52 Å². The van der Waals surface area contributed by atoms with Crippen molar-refractivity contribution >= 4 is 0 Å². The Balaban J connectivity index is 1.92. The first-order chi connectivity index (χ1) is 8.06. The van der Waals surface area contributed by atoms with Gasteiger partial charge in [-0.1, -0.05) is 25.9 Å². The van der Waals surface area contributed by atoms with E-state index in [-0.39, 0.29) is 6.04 Å². The van der Waals surface area contributed by atoms with Crippen LogP contribution in [0.3, 0.4) is 0 Å². The minimum Gasteiger partial charge on any atom is -0.338 e. The Morgan fingerprint density at radius 3 is 2.88 bits per heavy atom. The summed E-state index contributed by atoms with van der Waals surface area (Å²) in [5.74, 6) is 2.42. The van der Waals surface area contributed by atoms with Gasteiger partial charge in [-0.3, -0.25) is 4.90 Å². The zero-order chi connectivity index (χ0) is 12.4. The third-order valence-corrected chi connectivity index (χ3v) is 3.46. The third-order valence-electron chi connectivity index (χ3n) is 3.46. The number of hydrogen-bond donors (Lipinski definition) is 1. The van der Waals surface area contributed by atoms with Crippen LogP contribution in [0, 0.1) is 5.92 Å². The summed E-state index contributed by atoms with van der Waals surface area (Å²) in [6.45, 7) is 9.04. The van der Waals surface area contributed by atoms with Crippen LogP contribution in [0.25, 0.3) is 0 Å². The van der Waals surface area contributed by atoms with E-state index in [9.17, 15) is 0 Å². The maximum atomic E-state index is 6.07. The first-order valence-electron chi connectivity index (χ1n) is 6.36. The van der Waals surface area contributed by atoms with E-state index in [2.05, 4.69) is 35.8 Å². The first kappa shape index (κ1) is 12.5. The van der Waals surface area contributed by atoms with Gasteiger partial charge in [0.25, 0.3) is 0 Å². The molecule has 0 bridgehead atoms. The van der Waals surface area contributed by atoms with Gasteiger partial charge in [-0.05, 0) is 18.9 Å². The Morgan fingerprint density at radius 2 is 2.29 bits per heavy atom. The SMILES string of the molecule is CC(C)c1noc(CN2CCC(C)C(N)C2)n1. The Kier molecular flexibility index (Phi) is 3.79. The molecule has 2 atom stereocenters. The molecule has 1 fully saturated rings. The van der Waals surface area contributed by atoms with E-state index in [1.807, 2.05) is 0 Å². The smallest absolute Gasteiger partial charge is 0.240 e. The van der Waals surface area contributed by atoms with E-state index < -0.39 is 0 Å². The number of piperidine rings is 1. The van der Waals surface area contributed by atoms with Crippen LogP contribution >= 0.6 is 0 Å². The molecule has 1 aliphatic rings. The largest absolute Gasteiger partial charge is 0.338 e. The van der Waals surface area contributed by atoms with Gasteiger partial charge in [0, 0.05) is 18.5 Å². The van der Waals surface area contributed by atoms with Gasteiger partial charge >= 0.3 is 0 Å². The zero-order valence-corrected chi connectivity index (χ0v) is 10.9. The number of rotatable bonds is 3. The normalized spacial score (nSPS) is 26.6. The van der Waals surface area contributed by atoms with Crippen molar-refractivity contribution in [1.82, 2.24) is 15.0 Å². The molecule has 96 valence electrons. The molecule has 5 nitrogen and oxygen atoms in total. The highest BCUT2D eigenvalue weighted by molar-refractivity contribution is 4.92. The van der Waals surface area contributed by atoms with Crippen LogP contribution in [0.2, 0.25) is 0 Å². The fraction of sp³-hybridized carbons (Fsp3) is 0.833. The molecule has 0 aromatic carbocycles. The molecule has 1 aromatic rings. The van der Waals surface area contributed by atoms with Gasteiger partial charge in [0.15, 0.2) is 5.82 Å². The van der Waals surface area contributed by atoms with Crippen LogP contribution in [-0.4, -0.2) is 34.2 Å². The Hall–Kier alpha value is -0.940. The van der Waals surface area contributed by atoms with Gasteiger partial charge < -0.3 is 10.3 Å². The lowest BCUT2D eigenvalue weighted by Gasteiger charge is -2.34. The summed E-state index contributed by atoms with van der Waals surface area (Å²) in [6, 6.07) is 0.260. The van der Waals surface area contributed by atoms with Crippen LogP contribution in [-0.2, 0) is 6.54 Å². The Morgan fingerprint density at radius 1 is 1.53 bits per heavy atom. The summed E-state index contributed by atoms with van der Waals surface area (Å²) >= 11 is 0. The van der Waals surface area contributed by atoms with E-state index in [0.29, 0.717) is 17.7 Å². The standard InChI is InChI=1S/C12H22N4O/c1-8(2)12-14-11(17-15-12)7-16-5-4-9(3)10(13)6-16/h8-10H,4-7,13H2,1-3H3. The molecule has 2 unspecified atom stereocenters. The van der Waals surface area contributed by atoms with Crippen LogP contribution < -0.4 is 5.73 Å². The highest BCUT2D eigenvalue weighted by Gasteiger charge is 2.24. The van der Waals surface area contributed by atoms with E-state index in [1.54, 1.807) is 0 Å². The highest BCUT2D eigenvalue weighted by atomic mass is 16.5. The molecule has 1 aromatic heterocycles. The van der Waals surface area contributed by atoms with Gasteiger partial charge in [0.1, 0.15) is 0 Å². The summed E-state index contributed by atoms with van der Waals surface area (Å²) in [5.41, 5.74) is 6.07. The molecule has 0 saturated carbocycles. The highest BCUT2D eigenvalue weighted by Crippen LogP contribution is 2.18. The lowest BCUT2D eigenvalue weighted by molar-refractivity contribution is 0.146. The molecule has 5 heteroatoms. The predicted molar refractivity (Wildman–Crippen MR) is 65.4 cm³/mol. The van der Waals surface area contributed by atoms with Crippen molar-refractivity contribution in [3.63, 3.8) is 0 Å². The zero-order valence-electron chi connectivity index (χ0n) is 10.9. The lowest BCUT2D eigenvalue weighted by atomic mass is 9.94. The number of likely N-dealkylation sites (tertiary alicyclic amines) is 1. The minimum absolute atomic E-state index is 0.260. The molecule has 2 N–H and O–H groups in total. The van der Waals surface area contributed by atoms with Crippen molar-refractivity contribution in [2.75, 3.05) is 13.1 Å². The molecule has 1 saturated heterocycles. The van der Waals surface area contributed by atoms with Gasteiger partial charge in [-0.25, -0.2) is 0 Å². The van der Waals surface area contributed by atoms with E-state index in [0.717, 1.165) is 31.9 Å². The molecule has 1 aliphatic heterocycles. The number of aromatic nitrogens is 2. The van der Waals surface area contributed by atoms with Crippen molar-refractivity contribution in [1.29, 1.82) is 0 Å². The average molecular weight is 238 g/mol. The van der Waals surface area contributed by atoms with E-state index >= 15 is 0 Å². The van der Waals surface area contributed by atoms with Gasteiger partial charge in [-0.2, -0.15) is 4.98 Å². The van der Waals surface area contributed by atoms with Crippen LogP contribution in [0.5, 0.6) is 0 Å². The van der Waals surface area contributed by atoms with Crippen molar-refractivity contribution in [3.8, 4) is 0 Å². The molecule has 0 aliphatic carbocycles. The van der Waals surface area contributed by atoms with Gasteiger partial charge in [0.2, 0.25) is 5.89 Å². The molecule has 0 spiro atoms. The monoisotopic (exact) mass is 238 g/mol. The summed E-state index contributed by atoms with van der Waals surface area (Å²) in [5, 5.41) is 3.97. The van der Waals surface area contributed by atoms with E-state index in [1.165, 1.54) is 0 Å². The fourth-order valence-electron chi connectivity index (χ4n) is 2.07. The van der Waals surface area contributed by atoms with Crippen molar-refractivity contribution in [2.45, 2.75) is 45.7 Å².